The van der Waals surface area contributed by atoms with Gasteiger partial charge in [-0.15, -0.1) is 0 Å². The highest BCUT2D eigenvalue weighted by Gasteiger charge is 2.35. The summed E-state index contributed by atoms with van der Waals surface area (Å²) in [6, 6.07) is 14.4. The molecule has 2 heterocycles. The molecule has 1 saturated heterocycles. The Balaban J connectivity index is 1.46. The van der Waals surface area contributed by atoms with E-state index >= 15 is 0 Å². The molecule has 2 aromatic carbocycles. The quantitative estimate of drug-likeness (QED) is 0.711. The number of carbonyl (C=O) groups is 1. The molecule has 2 atom stereocenters. The first-order valence-electron chi connectivity index (χ1n) is 10.9. The zero-order chi connectivity index (χ0) is 21.3. The summed E-state index contributed by atoms with van der Waals surface area (Å²) in [4.78, 5) is 14.4. The van der Waals surface area contributed by atoms with Gasteiger partial charge in [-0.05, 0) is 43.4 Å². The van der Waals surface area contributed by atoms with Crippen LogP contribution >= 0.6 is 11.6 Å². The second-order valence-corrected chi connectivity index (χ2v) is 9.85. The smallest absolute Gasteiger partial charge is 0.225 e. The van der Waals surface area contributed by atoms with Gasteiger partial charge in [-0.2, -0.15) is 0 Å². The molecule has 0 saturated carbocycles. The van der Waals surface area contributed by atoms with E-state index < -0.39 is 6.10 Å². The number of hydrogen-bond donors (Lipinski definition) is 2. The van der Waals surface area contributed by atoms with Crippen molar-refractivity contribution in [2.75, 3.05) is 25.0 Å². The lowest BCUT2D eigenvalue weighted by Crippen LogP contribution is -2.39. The number of anilines is 1. The van der Waals surface area contributed by atoms with Crippen LogP contribution in [0.2, 0.25) is 5.02 Å². The van der Waals surface area contributed by atoms with Gasteiger partial charge in [0.2, 0.25) is 5.91 Å². The number of fused-ring (bicyclic) bond motifs is 1. The zero-order valence-corrected chi connectivity index (χ0v) is 18.6. The van der Waals surface area contributed by atoms with Crippen LogP contribution in [-0.4, -0.2) is 35.5 Å². The van der Waals surface area contributed by atoms with Gasteiger partial charge < -0.3 is 15.3 Å². The van der Waals surface area contributed by atoms with Gasteiger partial charge in [-0.1, -0.05) is 61.8 Å². The molecule has 160 valence electrons. The second-order valence-electron chi connectivity index (χ2n) is 9.47. The standard InChI is InChI=1S/C25H31ClN2O2/c1-25(2)14-22(30)27-20-11-10-19(24(26)23(20)25)21(29)16-28-12-6-9-18(15-28)13-17-7-4-3-5-8-17/h3-5,7-8,10-11,18,21,29H,6,9,12-16H2,1-2H3,(H,27,30). The van der Waals surface area contributed by atoms with E-state index in [1.807, 2.05) is 26.0 Å². The fourth-order valence-corrected chi connectivity index (χ4v) is 5.62. The highest BCUT2D eigenvalue weighted by molar-refractivity contribution is 6.33. The Kier molecular flexibility index (Phi) is 6.19. The molecule has 2 unspecified atom stereocenters. The number of aliphatic hydroxyl groups is 1. The molecular formula is C25H31ClN2O2. The monoisotopic (exact) mass is 426 g/mol. The summed E-state index contributed by atoms with van der Waals surface area (Å²) in [6.45, 7) is 6.65. The number of aliphatic hydroxyl groups excluding tert-OH is 1. The van der Waals surface area contributed by atoms with Gasteiger partial charge in [0.05, 0.1) is 11.1 Å². The molecule has 2 aliphatic heterocycles. The molecule has 2 aliphatic rings. The van der Waals surface area contributed by atoms with Gasteiger partial charge in [0, 0.05) is 41.7 Å². The molecule has 0 aromatic heterocycles. The molecule has 4 rings (SSSR count). The molecular weight excluding hydrogens is 396 g/mol. The number of piperidine rings is 1. The minimum atomic E-state index is -0.647. The van der Waals surface area contributed by atoms with Crippen LogP contribution in [0.3, 0.4) is 0 Å². The van der Waals surface area contributed by atoms with Crippen LogP contribution in [0.4, 0.5) is 5.69 Å². The molecule has 2 aromatic rings. The lowest BCUT2D eigenvalue weighted by molar-refractivity contribution is -0.117. The second kappa shape index (κ2) is 8.70. The highest BCUT2D eigenvalue weighted by Crippen LogP contribution is 2.44. The Morgan fingerprint density at radius 3 is 2.77 bits per heavy atom. The van der Waals surface area contributed by atoms with Crippen molar-refractivity contribution in [3.63, 3.8) is 0 Å². The van der Waals surface area contributed by atoms with Gasteiger partial charge >= 0.3 is 0 Å². The normalized spacial score (nSPS) is 22.3. The SMILES string of the molecule is CC1(C)CC(=O)Nc2ccc(C(O)CN3CCCC(Cc4ccccc4)C3)c(Cl)c21. The number of likely N-dealkylation sites (tertiary alicyclic amines) is 1. The first-order chi connectivity index (χ1) is 14.3. The molecule has 0 aliphatic carbocycles. The minimum Gasteiger partial charge on any atom is -0.387 e. The van der Waals surface area contributed by atoms with Crippen molar-refractivity contribution < 1.29 is 9.90 Å². The van der Waals surface area contributed by atoms with E-state index in [-0.39, 0.29) is 11.3 Å². The number of halogens is 1. The number of nitrogens with one attached hydrogen (secondary N) is 1. The first kappa shape index (κ1) is 21.4. The van der Waals surface area contributed by atoms with Crippen LogP contribution in [-0.2, 0) is 16.6 Å². The lowest BCUT2D eigenvalue weighted by Gasteiger charge is -2.36. The van der Waals surface area contributed by atoms with Gasteiger partial charge in [-0.3, -0.25) is 4.79 Å². The fraction of sp³-hybridized carbons (Fsp3) is 0.480. The molecule has 4 nitrogen and oxygen atoms in total. The summed E-state index contributed by atoms with van der Waals surface area (Å²) < 4.78 is 0. The van der Waals surface area contributed by atoms with Gasteiger partial charge in [0.25, 0.3) is 0 Å². The van der Waals surface area contributed by atoms with E-state index in [9.17, 15) is 9.90 Å². The Bertz CT molecular complexity index is 913. The number of benzene rings is 2. The van der Waals surface area contributed by atoms with Crippen molar-refractivity contribution >= 4 is 23.2 Å². The topological polar surface area (TPSA) is 52.6 Å². The van der Waals surface area contributed by atoms with Crippen LogP contribution in [0, 0.1) is 5.92 Å². The molecule has 1 fully saturated rings. The van der Waals surface area contributed by atoms with E-state index in [4.69, 9.17) is 11.6 Å². The van der Waals surface area contributed by atoms with Gasteiger partial charge in [0.15, 0.2) is 0 Å². The first-order valence-corrected chi connectivity index (χ1v) is 11.3. The average molecular weight is 427 g/mol. The predicted molar refractivity (Wildman–Crippen MR) is 122 cm³/mol. The van der Waals surface area contributed by atoms with E-state index in [1.54, 1.807) is 0 Å². The van der Waals surface area contributed by atoms with E-state index in [2.05, 4.69) is 40.5 Å². The van der Waals surface area contributed by atoms with Crippen molar-refractivity contribution in [3.05, 3.63) is 64.2 Å². The minimum absolute atomic E-state index is 0.00893. The maximum atomic E-state index is 12.0. The molecule has 0 spiro atoms. The number of β-amino-alcohol motifs (C(OH)–C–C–N with tert-alkyl or cyclic N) is 1. The Morgan fingerprint density at radius 1 is 1.23 bits per heavy atom. The molecule has 1 amide bonds. The fourth-order valence-electron chi connectivity index (χ4n) is 5.07. The van der Waals surface area contributed by atoms with Crippen molar-refractivity contribution in [2.45, 2.75) is 51.0 Å². The summed E-state index contributed by atoms with van der Waals surface area (Å²) in [7, 11) is 0. The Hall–Kier alpha value is -1.88. The van der Waals surface area contributed by atoms with Gasteiger partial charge in [-0.25, -0.2) is 0 Å². The van der Waals surface area contributed by atoms with Gasteiger partial charge in [0.1, 0.15) is 0 Å². The number of carbonyl (C=O) groups excluding carboxylic acids is 1. The molecule has 0 bridgehead atoms. The number of rotatable bonds is 5. The van der Waals surface area contributed by atoms with Crippen LogP contribution in [0.25, 0.3) is 0 Å². The van der Waals surface area contributed by atoms with E-state index in [0.29, 0.717) is 23.9 Å². The summed E-state index contributed by atoms with van der Waals surface area (Å²) >= 11 is 6.78. The van der Waals surface area contributed by atoms with Crippen LogP contribution in [0.5, 0.6) is 0 Å². The Morgan fingerprint density at radius 2 is 2.00 bits per heavy atom. The van der Waals surface area contributed by atoms with Crippen molar-refractivity contribution in [1.29, 1.82) is 0 Å². The van der Waals surface area contributed by atoms with E-state index in [1.165, 1.54) is 12.0 Å². The third kappa shape index (κ3) is 4.56. The predicted octanol–water partition coefficient (Wildman–Crippen LogP) is 4.95. The van der Waals surface area contributed by atoms with Crippen LogP contribution in [0.1, 0.15) is 55.9 Å². The highest BCUT2D eigenvalue weighted by atomic mass is 35.5. The number of nitrogens with zero attached hydrogens (tertiary/aromatic N) is 1. The van der Waals surface area contributed by atoms with Crippen molar-refractivity contribution in [2.24, 2.45) is 5.92 Å². The van der Waals surface area contributed by atoms with Crippen molar-refractivity contribution in [3.8, 4) is 0 Å². The largest absolute Gasteiger partial charge is 0.387 e. The molecule has 30 heavy (non-hydrogen) atoms. The van der Waals surface area contributed by atoms with Crippen LogP contribution < -0.4 is 5.32 Å². The van der Waals surface area contributed by atoms with E-state index in [0.717, 1.165) is 42.7 Å². The summed E-state index contributed by atoms with van der Waals surface area (Å²) in [5.41, 5.74) is 3.48. The summed E-state index contributed by atoms with van der Waals surface area (Å²) in [5, 5.41) is 14.5. The number of amides is 1. The molecule has 2 N–H and O–H groups in total. The maximum absolute atomic E-state index is 12.0. The number of hydrogen-bond acceptors (Lipinski definition) is 3. The van der Waals surface area contributed by atoms with Crippen molar-refractivity contribution in [1.82, 2.24) is 4.90 Å². The van der Waals surface area contributed by atoms with Crippen LogP contribution in [0.15, 0.2) is 42.5 Å². The molecule has 5 heteroatoms. The third-order valence-corrected chi connectivity index (χ3v) is 6.89. The summed E-state index contributed by atoms with van der Waals surface area (Å²) in [5.74, 6) is 0.621. The third-order valence-electron chi connectivity index (χ3n) is 6.49. The molecule has 0 radical (unpaired) electrons. The maximum Gasteiger partial charge on any atom is 0.225 e. The Labute approximate surface area is 184 Å². The average Bonchev–Trinajstić information content (AvgIpc) is 2.68. The summed E-state index contributed by atoms with van der Waals surface area (Å²) in [6.07, 6.45) is 3.22. The lowest BCUT2D eigenvalue weighted by atomic mass is 9.77. The zero-order valence-electron chi connectivity index (χ0n) is 17.8.